The first-order valence-electron chi connectivity index (χ1n) is 4.90. The van der Waals surface area contributed by atoms with Crippen LogP contribution >= 0.6 is 15.9 Å². The Balaban J connectivity index is 2.96. The van der Waals surface area contributed by atoms with Gasteiger partial charge in [0, 0.05) is 10.2 Å². The molecule has 0 aliphatic carbocycles. The van der Waals surface area contributed by atoms with Gasteiger partial charge in [0.1, 0.15) is 0 Å². The van der Waals surface area contributed by atoms with Crippen LogP contribution in [0.2, 0.25) is 0 Å². The minimum Gasteiger partial charge on any atom is -0.321 e. The molecule has 1 amide bonds. The second-order valence-corrected chi connectivity index (χ2v) is 4.59. The van der Waals surface area contributed by atoms with Gasteiger partial charge in [-0.25, -0.2) is 8.78 Å². The van der Waals surface area contributed by atoms with Crippen molar-refractivity contribution in [3.05, 3.63) is 27.7 Å². The second kappa shape index (κ2) is 5.26. The van der Waals surface area contributed by atoms with Crippen LogP contribution < -0.4 is 5.32 Å². The average molecular weight is 328 g/mol. The molecule has 0 aliphatic heterocycles. The number of rotatable bonds is 3. The quantitative estimate of drug-likeness (QED) is 0.838. The molecule has 18 heavy (non-hydrogen) atoms. The van der Waals surface area contributed by atoms with E-state index >= 15 is 0 Å². The fourth-order valence-electron chi connectivity index (χ4n) is 1.33. The average Bonchev–Trinajstić information content (AvgIpc) is 2.25. The largest absolute Gasteiger partial charge is 0.383 e. The summed E-state index contributed by atoms with van der Waals surface area (Å²) in [5.41, 5.74) is 1.45. The molecule has 0 saturated carbocycles. The molecule has 1 N–H and O–H groups in total. The van der Waals surface area contributed by atoms with Crippen molar-refractivity contribution >= 4 is 27.5 Å². The smallest absolute Gasteiger partial charge is 0.321 e. The lowest BCUT2D eigenvalue weighted by molar-refractivity contribution is -0.163. The van der Waals surface area contributed by atoms with Gasteiger partial charge in [0.25, 0.3) is 0 Å². The van der Waals surface area contributed by atoms with E-state index in [0.717, 1.165) is 4.47 Å². The lowest BCUT2D eigenvalue weighted by atomic mass is 10.1. The minimum atomic E-state index is -4.70. The van der Waals surface area contributed by atoms with Gasteiger partial charge in [0.2, 0.25) is 0 Å². The second-order valence-electron chi connectivity index (χ2n) is 3.80. The summed E-state index contributed by atoms with van der Waals surface area (Å²) in [6.07, 6.45) is -4.03. The van der Waals surface area contributed by atoms with Gasteiger partial charge in [-0.3, -0.25) is 4.79 Å². The van der Waals surface area contributed by atoms with Crippen molar-refractivity contribution in [1.29, 1.82) is 0 Å². The van der Waals surface area contributed by atoms with Crippen LogP contribution in [0.25, 0.3) is 0 Å². The summed E-state index contributed by atoms with van der Waals surface area (Å²) >= 11 is 3.26. The molecule has 100 valence electrons. The van der Waals surface area contributed by atoms with Crippen LogP contribution in [0, 0.1) is 13.8 Å². The normalized spacial score (nSPS) is 11.8. The van der Waals surface area contributed by atoms with E-state index in [9.17, 15) is 22.4 Å². The Hall–Kier alpha value is -1.11. The highest BCUT2D eigenvalue weighted by atomic mass is 79.9. The maximum atomic E-state index is 12.7. The first-order chi connectivity index (χ1) is 8.16. The van der Waals surface area contributed by atoms with E-state index in [0.29, 0.717) is 11.1 Å². The van der Waals surface area contributed by atoms with E-state index in [2.05, 4.69) is 15.9 Å². The molecule has 0 saturated heterocycles. The van der Waals surface area contributed by atoms with Gasteiger partial charge in [0.15, 0.2) is 0 Å². The van der Waals surface area contributed by atoms with Gasteiger partial charge in [0.05, 0.1) is 0 Å². The monoisotopic (exact) mass is 327 g/mol. The van der Waals surface area contributed by atoms with Gasteiger partial charge in [-0.05, 0) is 37.1 Å². The maximum Gasteiger partial charge on any atom is 0.383 e. The zero-order valence-electron chi connectivity index (χ0n) is 9.53. The van der Waals surface area contributed by atoms with Crippen LogP contribution in [0.4, 0.5) is 23.2 Å². The number of halogens is 5. The van der Waals surface area contributed by atoms with Gasteiger partial charge in [-0.1, -0.05) is 15.9 Å². The van der Waals surface area contributed by atoms with Crippen LogP contribution in [-0.4, -0.2) is 18.3 Å². The van der Waals surface area contributed by atoms with Gasteiger partial charge in [-0.15, -0.1) is 0 Å². The van der Waals surface area contributed by atoms with E-state index in [1.807, 2.05) is 0 Å². The van der Waals surface area contributed by atoms with Crippen molar-refractivity contribution in [1.82, 2.24) is 0 Å². The zero-order valence-corrected chi connectivity index (χ0v) is 11.1. The molecule has 7 heteroatoms. The number of aryl methyl sites for hydroxylation is 2. The van der Waals surface area contributed by atoms with Crippen LogP contribution in [0.15, 0.2) is 16.6 Å². The van der Waals surface area contributed by atoms with Gasteiger partial charge < -0.3 is 5.32 Å². The van der Waals surface area contributed by atoms with E-state index in [1.165, 1.54) is 12.1 Å². The molecule has 0 bridgehead atoms. The third-order valence-electron chi connectivity index (χ3n) is 2.27. The predicted octanol–water partition coefficient (Wildman–Crippen LogP) is 3.90. The summed E-state index contributed by atoms with van der Waals surface area (Å²) in [4.78, 5) is 11.0. The number of alkyl halides is 4. The molecular formula is C11H10BrF4NO. The van der Waals surface area contributed by atoms with Crippen molar-refractivity contribution < 1.29 is 22.4 Å². The van der Waals surface area contributed by atoms with Crippen molar-refractivity contribution in [2.45, 2.75) is 26.2 Å². The van der Waals surface area contributed by atoms with E-state index in [-0.39, 0.29) is 5.69 Å². The molecule has 1 aromatic rings. The van der Waals surface area contributed by atoms with Crippen LogP contribution in [0.3, 0.4) is 0 Å². The third-order valence-corrected chi connectivity index (χ3v) is 3.52. The number of hydrogen-bond donors (Lipinski definition) is 1. The fourth-order valence-corrected chi connectivity index (χ4v) is 1.56. The first kappa shape index (κ1) is 14.9. The standard InChI is InChI=1S/C11H10BrF4NO/c1-5-3-7(4-6(2)8(5)12)17-10(18)11(15,16)9(13)14/h3-4,9H,1-2H3,(H,17,18). The maximum absolute atomic E-state index is 12.7. The lowest BCUT2D eigenvalue weighted by Crippen LogP contribution is -2.41. The Bertz CT molecular complexity index is 453. The summed E-state index contributed by atoms with van der Waals surface area (Å²) < 4.78 is 50.2. The van der Waals surface area contributed by atoms with Crippen LogP contribution in [0.1, 0.15) is 11.1 Å². The molecular weight excluding hydrogens is 318 g/mol. The van der Waals surface area contributed by atoms with Crippen molar-refractivity contribution in [3.8, 4) is 0 Å². The summed E-state index contributed by atoms with van der Waals surface area (Å²) in [6.45, 7) is 3.38. The Labute approximate surface area is 109 Å². The van der Waals surface area contributed by atoms with Crippen molar-refractivity contribution in [2.24, 2.45) is 0 Å². The van der Waals surface area contributed by atoms with E-state index in [4.69, 9.17) is 0 Å². The molecule has 0 spiro atoms. The Morgan fingerprint density at radius 1 is 1.28 bits per heavy atom. The Kier molecular flexibility index (Phi) is 4.37. The number of anilines is 1. The number of hydrogen-bond acceptors (Lipinski definition) is 1. The molecule has 0 atom stereocenters. The lowest BCUT2D eigenvalue weighted by Gasteiger charge is -2.16. The summed E-state index contributed by atoms with van der Waals surface area (Å²) in [7, 11) is 0. The van der Waals surface area contributed by atoms with Crippen LogP contribution in [-0.2, 0) is 4.79 Å². The third kappa shape index (κ3) is 3.01. The highest BCUT2D eigenvalue weighted by molar-refractivity contribution is 9.10. The highest BCUT2D eigenvalue weighted by Gasteiger charge is 2.48. The van der Waals surface area contributed by atoms with E-state index < -0.39 is 18.3 Å². The molecule has 1 rings (SSSR count). The zero-order chi connectivity index (χ0) is 14.1. The fraction of sp³-hybridized carbons (Fsp3) is 0.364. The number of amides is 1. The van der Waals surface area contributed by atoms with Gasteiger partial charge in [-0.2, -0.15) is 8.78 Å². The van der Waals surface area contributed by atoms with E-state index in [1.54, 1.807) is 19.2 Å². The number of nitrogens with one attached hydrogen (secondary N) is 1. The molecule has 0 fully saturated rings. The summed E-state index contributed by atoms with van der Waals surface area (Å²) in [5.74, 6) is -6.71. The molecule has 0 aromatic heterocycles. The van der Waals surface area contributed by atoms with Gasteiger partial charge >= 0.3 is 18.3 Å². The predicted molar refractivity (Wildman–Crippen MR) is 63.2 cm³/mol. The number of carbonyl (C=O) groups is 1. The Morgan fingerprint density at radius 3 is 2.11 bits per heavy atom. The summed E-state index contributed by atoms with van der Waals surface area (Å²) in [5, 5.41) is 1.78. The SMILES string of the molecule is Cc1cc(NC(=O)C(F)(F)C(F)F)cc(C)c1Br. The topological polar surface area (TPSA) is 29.1 Å². The minimum absolute atomic E-state index is 0.0542. The molecule has 0 unspecified atom stereocenters. The number of benzene rings is 1. The molecule has 1 aromatic carbocycles. The molecule has 0 heterocycles. The molecule has 0 aliphatic rings. The summed E-state index contributed by atoms with van der Waals surface area (Å²) in [6, 6.07) is 2.83. The highest BCUT2D eigenvalue weighted by Crippen LogP contribution is 2.28. The first-order valence-corrected chi connectivity index (χ1v) is 5.69. The number of carbonyl (C=O) groups excluding carboxylic acids is 1. The molecule has 0 radical (unpaired) electrons. The van der Waals surface area contributed by atoms with Crippen molar-refractivity contribution in [3.63, 3.8) is 0 Å². The van der Waals surface area contributed by atoms with Crippen molar-refractivity contribution in [2.75, 3.05) is 5.32 Å². The molecule has 2 nitrogen and oxygen atoms in total. The van der Waals surface area contributed by atoms with Crippen LogP contribution in [0.5, 0.6) is 0 Å². The Morgan fingerprint density at radius 2 is 1.72 bits per heavy atom.